The first-order valence-corrected chi connectivity index (χ1v) is 6.22. The van der Waals surface area contributed by atoms with Crippen LogP contribution in [0.1, 0.15) is 45.4 Å². The molecule has 0 aromatic carbocycles. The summed E-state index contributed by atoms with van der Waals surface area (Å²) < 4.78 is 5.38. The first kappa shape index (κ1) is 11.9. The van der Waals surface area contributed by atoms with Gasteiger partial charge in [-0.1, -0.05) is 12.8 Å². The summed E-state index contributed by atoms with van der Waals surface area (Å²) in [5.41, 5.74) is -0.743. The van der Waals surface area contributed by atoms with Gasteiger partial charge in [0.15, 0.2) is 0 Å². The van der Waals surface area contributed by atoms with Crippen molar-refractivity contribution >= 4 is 5.91 Å². The van der Waals surface area contributed by atoms with Gasteiger partial charge in [0.2, 0.25) is 5.91 Å². The predicted octanol–water partition coefficient (Wildman–Crippen LogP) is 0.975. The van der Waals surface area contributed by atoms with Crippen molar-refractivity contribution in [3.63, 3.8) is 0 Å². The zero-order valence-electron chi connectivity index (χ0n) is 9.87. The van der Waals surface area contributed by atoms with Crippen molar-refractivity contribution in [2.24, 2.45) is 0 Å². The van der Waals surface area contributed by atoms with Gasteiger partial charge in [-0.2, -0.15) is 0 Å². The summed E-state index contributed by atoms with van der Waals surface area (Å²) in [5, 5.41) is 13.1. The molecule has 0 bridgehead atoms. The standard InChI is InChI=1S/C12H21NO3/c1-9-10(4-7-16-9)13-11(14)8-12(15)5-2-3-6-12/h9-10,15H,2-8H2,1H3,(H,13,14). The number of hydrogen-bond donors (Lipinski definition) is 2. The molecule has 0 aromatic heterocycles. The van der Waals surface area contributed by atoms with Crippen LogP contribution in [0.2, 0.25) is 0 Å². The van der Waals surface area contributed by atoms with Crippen LogP contribution in [-0.2, 0) is 9.53 Å². The van der Waals surface area contributed by atoms with E-state index in [1.54, 1.807) is 0 Å². The van der Waals surface area contributed by atoms with Crippen molar-refractivity contribution in [2.45, 2.75) is 63.2 Å². The maximum atomic E-state index is 11.8. The minimum absolute atomic E-state index is 0.0354. The normalized spacial score (nSPS) is 32.9. The molecule has 1 saturated carbocycles. The Morgan fingerprint density at radius 1 is 1.50 bits per heavy atom. The number of carbonyl (C=O) groups is 1. The quantitative estimate of drug-likeness (QED) is 0.755. The molecule has 0 aromatic rings. The molecule has 92 valence electrons. The summed E-state index contributed by atoms with van der Waals surface area (Å²) in [4.78, 5) is 11.8. The molecular weight excluding hydrogens is 206 g/mol. The molecule has 1 amide bonds. The fourth-order valence-corrected chi connectivity index (χ4v) is 2.69. The summed E-state index contributed by atoms with van der Waals surface area (Å²) in [6, 6.07) is 0.123. The Balaban J connectivity index is 1.79. The predicted molar refractivity (Wildman–Crippen MR) is 60.0 cm³/mol. The minimum Gasteiger partial charge on any atom is -0.389 e. The van der Waals surface area contributed by atoms with Crippen LogP contribution in [0.4, 0.5) is 0 Å². The summed E-state index contributed by atoms with van der Waals surface area (Å²) in [6.07, 6.45) is 4.82. The number of nitrogens with one attached hydrogen (secondary N) is 1. The lowest BCUT2D eigenvalue weighted by Gasteiger charge is -2.23. The van der Waals surface area contributed by atoms with E-state index in [1.165, 1.54) is 0 Å². The Bertz CT molecular complexity index is 261. The van der Waals surface area contributed by atoms with E-state index in [0.29, 0.717) is 0 Å². The highest BCUT2D eigenvalue weighted by atomic mass is 16.5. The second-order valence-corrected chi connectivity index (χ2v) is 5.15. The van der Waals surface area contributed by atoms with E-state index in [0.717, 1.165) is 38.7 Å². The van der Waals surface area contributed by atoms with Gasteiger partial charge in [0.25, 0.3) is 0 Å². The van der Waals surface area contributed by atoms with E-state index in [9.17, 15) is 9.90 Å². The molecule has 0 radical (unpaired) electrons. The van der Waals surface area contributed by atoms with Gasteiger partial charge >= 0.3 is 0 Å². The fraction of sp³-hybridized carbons (Fsp3) is 0.917. The molecule has 2 aliphatic rings. The number of carbonyl (C=O) groups excluding carboxylic acids is 1. The van der Waals surface area contributed by atoms with Crippen LogP contribution in [0.5, 0.6) is 0 Å². The summed E-state index contributed by atoms with van der Waals surface area (Å²) in [5.74, 6) is -0.0354. The van der Waals surface area contributed by atoms with Crippen LogP contribution >= 0.6 is 0 Å². The third kappa shape index (κ3) is 2.74. The molecule has 2 unspecified atom stereocenters. The van der Waals surface area contributed by atoms with Crippen LogP contribution in [0.3, 0.4) is 0 Å². The van der Waals surface area contributed by atoms with Gasteiger partial charge in [0.05, 0.1) is 24.2 Å². The SMILES string of the molecule is CC1OCCC1NC(=O)CC1(O)CCCC1. The van der Waals surface area contributed by atoms with Crippen LogP contribution in [0.15, 0.2) is 0 Å². The largest absolute Gasteiger partial charge is 0.389 e. The fourth-order valence-electron chi connectivity index (χ4n) is 2.69. The Hall–Kier alpha value is -0.610. The molecule has 1 saturated heterocycles. The Kier molecular flexibility index (Phi) is 3.50. The van der Waals surface area contributed by atoms with Crippen molar-refractivity contribution in [3.8, 4) is 0 Å². The molecule has 1 aliphatic heterocycles. The van der Waals surface area contributed by atoms with Gasteiger partial charge in [-0.15, -0.1) is 0 Å². The minimum atomic E-state index is -0.743. The molecular formula is C12H21NO3. The molecule has 1 aliphatic carbocycles. The van der Waals surface area contributed by atoms with Crippen molar-refractivity contribution in [1.29, 1.82) is 0 Å². The number of aliphatic hydroxyl groups is 1. The topological polar surface area (TPSA) is 58.6 Å². The van der Waals surface area contributed by atoms with Crippen molar-refractivity contribution in [1.82, 2.24) is 5.32 Å². The van der Waals surface area contributed by atoms with E-state index in [-0.39, 0.29) is 24.5 Å². The van der Waals surface area contributed by atoms with Gasteiger partial charge in [-0.25, -0.2) is 0 Å². The van der Waals surface area contributed by atoms with Crippen molar-refractivity contribution in [2.75, 3.05) is 6.61 Å². The van der Waals surface area contributed by atoms with Crippen molar-refractivity contribution in [3.05, 3.63) is 0 Å². The summed E-state index contributed by atoms with van der Waals surface area (Å²) >= 11 is 0. The lowest BCUT2D eigenvalue weighted by molar-refractivity contribution is -0.127. The first-order valence-electron chi connectivity index (χ1n) is 6.22. The average molecular weight is 227 g/mol. The third-order valence-corrected chi connectivity index (χ3v) is 3.75. The Morgan fingerprint density at radius 2 is 2.19 bits per heavy atom. The smallest absolute Gasteiger partial charge is 0.223 e. The summed E-state index contributed by atoms with van der Waals surface area (Å²) in [6.45, 7) is 2.69. The summed E-state index contributed by atoms with van der Waals surface area (Å²) in [7, 11) is 0. The third-order valence-electron chi connectivity index (χ3n) is 3.75. The number of ether oxygens (including phenoxy) is 1. The Morgan fingerprint density at radius 3 is 2.75 bits per heavy atom. The number of hydrogen-bond acceptors (Lipinski definition) is 3. The van der Waals surface area contributed by atoms with Crippen LogP contribution in [0, 0.1) is 0 Å². The first-order chi connectivity index (χ1) is 7.59. The van der Waals surface area contributed by atoms with Gasteiger partial charge in [0, 0.05) is 6.61 Å². The second kappa shape index (κ2) is 4.72. The Labute approximate surface area is 96.4 Å². The number of amides is 1. The molecule has 16 heavy (non-hydrogen) atoms. The highest BCUT2D eigenvalue weighted by Crippen LogP contribution is 2.32. The van der Waals surface area contributed by atoms with Gasteiger partial charge in [0.1, 0.15) is 0 Å². The lowest BCUT2D eigenvalue weighted by atomic mass is 9.97. The molecule has 4 heteroatoms. The maximum Gasteiger partial charge on any atom is 0.223 e. The lowest BCUT2D eigenvalue weighted by Crippen LogP contribution is -2.42. The van der Waals surface area contributed by atoms with Gasteiger partial charge in [-0.05, 0) is 26.2 Å². The van der Waals surface area contributed by atoms with E-state index in [4.69, 9.17) is 4.74 Å². The van der Waals surface area contributed by atoms with Crippen molar-refractivity contribution < 1.29 is 14.6 Å². The van der Waals surface area contributed by atoms with Crippen LogP contribution in [-0.4, -0.2) is 35.4 Å². The highest BCUT2D eigenvalue weighted by molar-refractivity contribution is 5.77. The zero-order valence-corrected chi connectivity index (χ0v) is 9.87. The van der Waals surface area contributed by atoms with E-state index in [2.05, 4.69) is 5.32 Å². The maximum absolute atomic E-state index is 11.8. The molecule has 2 rings (SSSR count). The second-order valence-electron chi connectivity index (χ2n) is 5.15. The van der Waals surface area contributed by atoms with Crippen LogP contribution in [0.25, 0.3) is 0 Å². The average Bonchev–Trinajstić information content (AvgIpc) is 2.77. The number of rotatable bonds is 3. The van der Waals surface area contributed by atoms with Gasteiger partial charge in [-0.3, -0.25) is 4.79 Å². The molecule has 2 fully saturated rings. The monoisotopic (exact) mass is 227 g/mol. The molecule has 2 atom stereocenters. The van der Waals surface area contributed by atoms with E-state index < -0.39 is 5.60 Å². The zero-order chi connectivity index (χ0) is 11.6. The highest BCUT2D eigenvalue weighted by Gasteiger charge is 2.35. The van der Waals surface area contributed by atoms with Crippen LogP contribution < -0.4 is 5.32 Å². The molecule has 2 N–H and O–H groups in total. The molecule has 0 spiro atoms. The molecule has 4 nitrogen and oxygen atoms in total. The van der Waals surface area contributed by atoms with E-state index >= 15 is 0 Å². The van der Waals surface area contributed by atoms with E-state index in [1.807, 2.05) is 6.92 Å². The van der Waals surface area contributed by atoms with Gasteiger partial charge < -0.3 is 15.2 Å². The molecule has 1 heterocycles.